The fourth-order valence-electron chi connectivity index (χ4n) is 3.36. The first kappa shape index (κ1) is 22.3. The van der Waals surface area contributed by atoms with Crippen LogP contribution in [0.5, 0.6) is 0 Å². The molecule has 164 valence electrons. The van der Waals surface area contributed by atoms with E-state index in [0.29, 0.717) is 21.3 Å². The molecule has 0 unspecified atom stereocenters. The van der Waals surface area contributed by atoms with E-state index in [-0.39, 0.29) is 17.2 Å². The molecule has 0 aliphatic carbocycles. The number of rotatable bonds is 6. The number of hydrogen-bond acceptors (Lipinski definition) is 5. The first-order valence-electron chi connectivity index (χ1n) is 10.4. The molecule has 5 nitrogen and oxygen atoms in total. The fraction of sp³-hybridized carbons (Fsp3) is 0.240. The molecule has 2 aromatic heterocycles. The molecule has 0 radical (unpaired) electrons. The van der Waals surface area contributed by atoms with Gasteiger partial charge in [0.2, 0.25) is 5.91 Å². The minimum absolute atomic E-state index is 0.111. The van der Waals surface area contributed by atoms with Gasteiger partial charge < -0.3 is 5.32 Å². The SMILES string of the molecule is Cc1ccc(-n2c(SCC(=O)Nc3ccc(C(C)C)cc3)nc3ccsc3c2=O)cc1C. The molecule has 4 aromatic rings. The van der Waals surface area contributed by atoms with Crippen molar-refractivity contribution >= 4 is 44.9 Å². The van der Waals surface area contributed by atoms with Crippen molar-refractivity contribution in [3.05, 3.63) is 81.0 Å². The predicted octanol–water partition coefficient (Wildman–Crippen LogP) is 5.92. The van der Waals surface area contributed by atoms with Gasteiger partial charge in [0.15, 0.2) is 5.16 Å². The van der Waals surface area contributed by atoms with Crippen LogP contribution in [0.25, 0.3) is 15.9 Å². The number of nitrogens with zero attached hydrogens (tertiary/aromatic N) is 2. The maximum atomic E-state index is 13.2. The van der Waals surface area contributed by atoms with Crippen molar-refractivity contribution < 1.29 is 4.79 Å². The summed E-state index contributed by atoms with van der Waals surface area (Å²) in [6, 6.07) is 15.6. The van der Waals surface area contributed by atoms with Gasteiger partial charge in [-0.1, -0.05) is 43.8 Å². The Balaban J connectivity index is 1.60. The van der Waals surface area contributed by atoms with E-state index in [4.69, 9.17) is 4.98 Å². The molecule has 0 spiro atoms. The average Bonchev–Trinajstić information content (AvgIpc) is 3.24. The van der Waals surface area contributed by atoms with E-state index in [1.54, 1.807) is 4.57 Å². The minimum atomic E-state index is -0.140. The summed E-state index contributed by atoms with van der Waals surface area (Å²) < 4.78 is 2.22. The molecule has 0 bridgehead atoms. The number of benzene rings is 2. The highest BCUT2D eigenvalue weighted by Crippen LogP contribution is 2.25. The Hall–Kier alpha value is -2.90. The standard InChI is InChI=1S/C25H25N3O2S2/c1-15(2)18-6-8-19(9-7-18)26-22(29)14-32-25-27-21-11-12-31-23(21)24(30)28(25)20-10-5-16(3)17(4)13-20/h5-13,15H,14H2,1-4H3,(H,26,29). The number of carbonyl (C=O) groups excluding carboxylic acids is 1. The van der Waals surface area contributed by atoms with Crippen LogP contribution in [0, 0.1) is 13.8 Å². The molecule has 1 N–H and O–H groups in total. The van der Waals surface area contributed by atoms with Crippen LogP contribution in [0.1, 0.15) is 36.5 Å². The number of thioether (sulfide) groups is 1. The van der Waals surface area contributed by atoms with Gasteiger partial charge in [-0.15, -0.1) is 11.3 Å². The molecule has 2 heterocycles. The maximum Gasteiger partial charge on any atom is 0.276 e. The summed E-state index contributed by atoms with van der Waals surface area (Å²) >= 11 is 2.65. The maximum absolute atomic E-state index is 13.2. The van der Waals surface area contributed by atoms with Crippen molar-refractivity contribution in [1.29, 1.82) is 0 Å². The average molecular weight is 464 g/mol. The van der Waals surface area contributed by atoms with E-state index in [0.717, 1.165) is 22.5 Å². The van der Waals surface area contributed by atoms with E-state index < -0.39 is 0 Å². The Bertz CT molecular complexity index is 1340. The topological polar surface area (TPSA) is 64.0 Å². The van der Waals surface area contributed by atoms with E-state index in [9.17, 15) is 9.59 Å². The molecule has 0 atom stereocenters. The summed E-state index contributed by atoms with van der Waals surface area (Å²) in [6.45, 7) is 8.33. The molecule has 0 aliphatic heterocycles. The van der Waals surface area contributed by atoms with Crippen LogP contribution in [0.3, 0.4) is 0 Å². The molecule has 1 amide bonds. The zero-order valence-electron chi connectivity index (χ0n) is 18.5. The quantitative estimate of drug-likeness (QED) is 0.285. The Morgan fingerprint density at radius 3 is 2.53 bits per heavy atom. The number of hydrogen-bond donors (Lipinski definition) is 1. The predicted molar refractivity (Wildman–Crippen MR) is 135 cm³/mol. The second-order valence-corrected chi connectivity index (χ2v) is 9.91. The van der Waals surface area contributed by atoms with Gasteiger partial charge in [0.1, 0.15) is 4.70 Å². The van der Waals surface area contributed by atoms with Crippen LogP contribution in [0.15, 0.2) is 63.9 Å². The Kier molecular flexibility index (Phi) is 6.48. The minimum Gasteiger partial charge on any atom is -0.325 e. The van der Waals surface area contributed by atoms with Crippen molar-refractivity contribution in [2.24, 2.45) is 0 Å². The highest BCUT2D eigenvalue weighted by Gasteiger charge is 2.16. The van der Waals surface area contributed by atoms with E-state index >= 15 is 0 Å². The smallest absolute Gasteiger partial charge is 0.276 e. The zero-order chi connectivity index (χ0) is 22.8. The van der Waals surface area contributed by atoms with Crippen LogP contribution in [-0.2, 0) is 4.79 Å². The Labute approximate surface area is 195 Å². The second kappa shape index (κ2) is 9.30. The lowest BCUT2D eigenvalue weighted by Crippen LogP contribution is -2.22. The van der Waals surface area contributed by atoms with E-state index in [1.165, 1.54) is 28.7 Å². The summed E-state index contributed by atoms with van der Waals surface area (Å²) in [5.41, 5.74) is 5.54. The Morgan fingerprint density at radius 2 is 1.84 bits per heavy atom. The summed E-state index contributed by atoms with van der Waals surface area (Å²) in [7, 11) is 0. The summed E-state index contributed by atoms with van der Waals surface area (Å²) in [5, 5.41) is 5.30. The first-order valence-corrected chi connectivity index (χ1v) is 12.3. The molecule has 0 fully saturated rings. The van der Waals surface area contributed by atoms with Gasteiger partial charge in [-0.05, 0) is 72.2 Å². The zero-order valence-corrected chi connectivity index (χ0v) is 20.1. The van der Waals surface area contributed by atoms with Crippen molar-refractivity contribution in [2.75, 3.05) is 11.1 Å². The number of amides is 1. The van der Waals surface area contributed by atoms with Gasteiger partial charge in [0.05, 0.1) is 17.0 Å². The lowest BCUT2D eigenvalue weighted by Gasteiger charge is -2.13. The monoisotopic (exact) mass is 463 g/mol. The molecule has 2 aromatic carbocycles. The van der Waals surface area contributed by atoms with Crippen molar-refractivity contribution in [1.82, 2.24) is 9.55 Å². The Morgan fingerprint density at radius 1 is 1.09 bits per heavy atom. The normalized spacial score (nSPS) is 11.3. The summed E-state index contributed by atoms with van der Waals surface area (Å²) in [4.78, 5) is 30.5. The van der Waals surface area contributed by atoms with Crippen LogP contribution in [-0.4, -0.2) is 21.2 Å². The number of aromatic nitrogens is 2. The van der Waals surface area contributed by atoms with Gasteiger partial charge in [0, 0.05) is 5.69 Å². The number of anilines is 1. The van der Waals surface area contributed by atoms with E-state index in [2.05, 4.69) is 19.2 Å². The van der Waals surface area contributed by atoms with Crippen LogP contribution >= 0.6 is 23.1 Å². The molecule has 4 rings (SSSR count). The largest absolute Gasteiger partial charge is 0.325 e. The van der Waals surface area contributed by atoms with Gasteiger partial charge >= 0.3 is 0 Å². The number of carbonyl (C=O) groups is 1. The lowest BCUT2D eigenvalue weighted by molar-refractivity contribution is -0.113. The summed E-state index contributed by atoms with van der Waals surface area (Å²) in [5.74, 6) is 0.452. The number of aryl methyl sites for hydroxylation is 2. The van der Waals surface area contributed by atoms with E-state index in [1.807, 2.05) is 67.8 Å². The molecule has 7 heteroatoms. The third-order valence-electron chi connectivity index (χ3n) is 5.39. The third-order valence-corrected chi connectivity index (χ3v) is 7.22. The second-order valence-electron chi connectivity index (χ2n) is 8.05. The number of thiophene rings is 1. The highest BCUT2D eigenvalue weighted by atomic mass is 32.2. The molecular weight excluding hydrogens is 438 g/mol. The molecule has 0 saturated heterocycles. The van der Waals surface area contributed by atoms with Crippen LogP contribution in [0.4, 0.5) is 5.69 Å². The van der Waals surface area contributed by atoms with Crippen molar-refractivity contribution in [3.8, 4) is 5.69 Å². The fourth-order valence-corrected chi connectivity index (χ4v) is 4.93. The number of fused-ring (bicyclic) bond motifs is 1. The number of nitrogens with one attached hydrogen (secondary N) is 1. The van der Waals surface area contributed by atoms with Gasteiger partial charge in [-0.2, -0.15) is 0 Å². The van der Waals surface area contributed by atoms with Gasteiger partial charge in [-0.25, -0.2) is 4.98 Å². The first-order chi connectivity index (χ1) is 15.3. The van der Waals surface area contributed by atoms with Gasteiger partial charge in [-0.3, -0.25) is 14.2 Å². The molecule has 0 aliphatic rings. The third kappa shape index (κ3) is 4.64. The highest BCUT2D eigenvalue weighted by molar-refractivity contribution is 7.99. The van der Waals surface area contributed by atoms with Gasteiger partial charge in [0.25, 0.3) is 5.56 Å². The van der Waals surface area contributed by atoms with Crippen LogP contribution < -0.4 is 10.9 Å². The molecule has 32 heavy (non-hydrogen) atoms. The summed E-state index contributed by atoms with van der Waals surface area (Å²) in [6.07, 6.45) is 0. The molecular formula is C25H25N3O2S2. The lowest BCUT2D eigenvalue weighted by atomic mass is 10.0. The van der Waals surface area contributed by atoms with Crippen LogP contribution in [0.2, 0.25) is 0 Å². The van der Waals surface area contributed by atoms with Crippen molar-refractivity contribution in [2.45, 2.75) is 38.8 Å². The molecule has 0 saturated carbocycles. The van der Waals surface area contributed by atoms with Crippen molar-refractivity contribution in [3.63, 3.8) is 0 Å².